The van der Waals surface area contributed by atoms with Crippen molar-refractivity contribution in [2.45, 2.75) is 26.6 Å². The smallest absolute Gasteiger partial charge is 0.171 e. The molecule has 0 spiro atoms. The van der Waals surface area contributed by atoms with Gasteiger partial charge in [-0.15, -0.1) is 0 Å². The number of benzene rings is 1. The zero-order chi connectivity index (χ0) is 18.5. The Morgan fingerprint density at radius 2 is 2.08 bits per heavy atom. The second-order valence-electron chi connectivity index (χ2n) is 5.63. The van der Waals surface area contributed by atoms with E-state index in [4.69, 9.17) is 35.4 Å². The number of aryl methyl sites for hydroxylation is 1. The van der Waals surface area contributed by atoms with E-state index in [0.717, 1.165) is 23.5 Å². The van der Waals surface area contributed by atoms with Crippen molar-refractivity contribution in [1.29, 1.82) is 0 Å². The highest BCUT2D eigenvalue weighted by Gasteiger charge is 2.06. The maximum Gasteiger partial charge on any atom is 0.171 e. The Hall–Kier alpha value is -2.09. The van der Waals surface area contributed by atoms with E-state index >= 15 is 0 Å². The highest BCUT2D eigenvalue weighted by atomic mass is 35.5. The van der Waals surface area contributed by atoms with Gasteiger partial charge >= 0.3 is 0 Å². The van der Waals surface area contributed by atoms with Gasteiger partial charge in [0.25, 0.3) is 0 Å². The average molecular weight is 409 g/mol. The van der Waals surface area contributed by atoms with Gasteiger partial charge in [-0.05, 0) is 42.9 Å². The molecule has 6 nitrogen and oxygen atoms in total. The summed E-state index contributed by atoms with van der Waals surface area (Å²) in [4.78, 5) is 0. The molecule has 1 aromatic carbocycles. The van der Waals surface area contributed by atoms with Crippen LogP contribution >= 0.6 is 35.4 Å². The minimum absolute atomic E-state index is 0.514. The molecule has 0 saturated carbocycles. The molecule has 2 aromatic heterocycles. The number of aromatic nitrogens is 4. The van der Waals surface area contributed by atoms with Crippen LogP contribution in [0.1, 0.15) is 18.2 Å². The summed E-state index contributed by atoms with van der Waals surface area (Å²) < 4.78 is 3.66. The van der Waals surface area contributed by atoms with E-state index in [1.807, 2.05) is 42.2 Å². The quantitative estimate of drug-likeness (QED) is 0.604. The van der Waals surface area contributed by atoms with Gasteiger partial charge in [0, 0.05) is 29.0 Å². The van der Waals surface area contributed by atoms with Crippen LogP contribution in [0.25, 0.3) is 0 Å². The van der Waals surface area contributed by atoms with Crippen molar-refractivity contribution in [3.63, 3.8) is 0 Å². The molecule has 0 fully saturated rings. The predicted octanol–water partition coefficient (Wildman–Crippen LogP) is 3.94. The van der Waals surface area contributed by atoms with E-state index in [-0.39, 0.29) is 0 Å². The Kier molecular flexibility index (Phi) is 6.13. The second-order valence-corrected chi connectivity index (χ2v) is 6.88. The number of anilines is 1. The number of rotatable bonds is 6. The zero-order valence-corrected chi connectivity index (χ0v) is 16.4. The zero-order valence-electron chi connectivity index (χ0n) is 14.1. The van der Waals surface area contributed by atoms with Crippen LogP contribution in [0.15, 0.2) is 42.9 Å². The third-order valence-corrected chi connectivity index (χ3v) is 4.52. The molecule has 136 valence electrons. The van der Waals surface area contributed by atoms with Crippen molar-refractivity contribution in [1.82, 2.24) is 24.9 Å². The van der Waals surface area contributed by atoms with Crippen LogP contribution in [0.2, 0.25) is 10.0 Å². The lowest BCUT2D eigenvalue weighted by Gasteiger charge is -2.07. The molecule has 0 radical (unpaired) electrons. The fourth-order valence-electron chi connectivity index (χ4n) is 2.36. The van der Waals surface area contributed by atoms with E-state index in [0.29, 0.717) is 28.2 Å². The number of thiocarbonyl (C=S) groups is 1. The van der Waals surface area contributed by atoms with Crippen molar-refractivity contribution in [3.05, 3.63) is 64.2 Å². The van der Waals surface area contributed by atoms with Crippen molar-refractivity contribution >= 4 is 46.2 Å². The van der Waals surface area contributed by atoms with Crippen LogP contribution in [0.4, 0.5) is 5.69 Å². The van der Waals surface area contributed by atoms with Gasteiger partial charge in [0.05, 0.1) is 30.7 Å². The highest BCUT2D eigenvalue weighted by Crippen LogP contribution is 2.22. The number of hydrogen-bond donors (Lipinski definition) is 2. The van der Waals surface area contributed by atoms with Crippen LogP contribution < -0.4 is 10.6 Å². The van der Waals surface area contributed by atoms with Crippen LogP contribution in [0.3, 0.4) is 0 Å². The molecule has 9 heteroatoms. The maximum atomic E-state index is 6.20. The van der Waals surface area contributed by atoms with Gasteiger partial charge in [0.2, 0.25) is 0 Å². The van der Waals surface area contributed by atoms with Crippen LogP contribution in [0.5, 0.6) is 0 Å². The molecule has 3 rings (SSSR count). The first-order valence-corrected chi connectivity index (χ1v) is 9.23. The minimum Gasteiger partial charge on any atom is -0.357 e. The Labute approximate surface area is 167 Å². The van der Waals surface area contributed by atoms with Gasteiger partial charge in [0.15, 0.2) is 5.11 Å². The summed E-state index contributed by atoms with van der Waals surface area (Å²) in [6.45, 7) is 4.00. The van der Waals surface area contributed by atoms with E-state index in [1.54, 1.807) is 16.9 Å². The Balaban J connectivity index is 1.53. The number of nitrogens with zero attached hydrogens (tertiary/aromatic N) is 4. The number of hydrogen-bond acceptors (Lipinski definition) is 3. The SMILES string of the molecule is CCn1ccc(CNC(=S)Nc2cnn(Cc3ccc(Cl)cc3Cl)c2)n1. The van der Waals surface area contributed by atoms with E-state index in [1.165, 1.54) is 0 Å². The molecule has 0 aliphatic heterocycles. The van der Waals surface area contributed by atoms with Crippen molar-refractivity contribution < 1.29 is 0 Å². The van der Waals surface area contributed by atoms with E-state index < -0.39 is 0 Å². The first kappa shape index (κ1) is 18.7. The third-order valence-electron chi connectivity index (χ3n) is 3.69. The van der Waals surface area contributed by atoms with Crippen LogP contribution in [0, 0.1) is 0 Å². The van der Waals surface area contributed by atoms with Gasteiger partial charge in [0.1, 0.15) is 0 Å². The molecule has 0 aliphatic rings. The van der Waals surface area contributed by atoms with Gasteiger partial charge in [-0.3, -0.25) is 9.36 Å². The highest BCUT2D eigenvalue weighted by molar-refractivity contribution is 7.80. The minimum atomic E-state index is 0.514. The topological polar surface area (TPSA) is 59.7 Å². The molecule has 0 saturated heterocycles. The Morgan fingerprint density at radius 1 is 1.23 bits per heavy atom. The summed E-state index contributed by atoms with van der Waals surface area (Å²) >= 11 is 17.4. The molecule has 0 amide bonds. The monoisotopic (exact) mass is 408 g/mol. The summed E-state index contributed by atoms with van der Waals surface area (Å²) in [5.41, 5.74) is 2.67. The lowest BCUT2D eigenvalue weighted by Crippen LogP contribution is -2.28. The fraction of sp³-hybridized carbons (Fsp3) is 0.235. The molecule has 0 bridgehead atoms. The summed E-state index contributed by atoms with van der Waals surface area (Å²) in [6, 6.07) is 7.39. The Morgan fingerprint density at radius 3 is 2.81 bits per heavy atom. The maximum absolute atomic E-state index is 6.20. The normalized spacial score (nSPS) is 10.7. The molecular formula is C17H18Cl2N6S. The second kappa shape index (κ2) is 8.53. The van der Waals surface area contributed by atoms with Crippen molar-refractivity contribution in [2.75, 3.05) is 5.32 Å². The van der Waals surface area contributed by atoms with Crippen LogP contribution in [-0.4, -0.2) is 24.7 Å². The van der Waals surface area contributed by atoms with Gasteiger partial charge in [-0.2, -0.15) is 10.2 Å². The first-order valence-electron chi connectivity index (χ1n) is 8.07. The van der Waals surface area contributed by atoms with Gasteiger partial charge in [-0.1, -0.05) is 29.3 Å². The molecular weight excluding hydrogens is 391 g/mol. The summed E-state index contributed by atoms with van der Waals surface area (Å²) in [6.07, 6.45) is 5.52. The molecule has 2 N–H and O–H groups in total. The van der Waals surface area contributed by atoms with Crippen LogP contribution in [-0.2, 0) is 19.6 Å². The first-order chi connectivity index (χ1) is 12.5. The van der Waals surface area contributed by atoms with Gasteiger partial charge < -0.3 is 10.6 Å². The van der Waals surface area contributed by atoms with E-state index in [9.17, 15) is 0 Å². The molecule has 0 unspecified atom stereocenters. The lowest BCUT2D eigenvalue weighted by molar-refractivity contribution is 0.643. The molecule has 0 atom stereocenters. The average Bonchev–Trinajstić information content (AvgIpc) is 3.25. The predicted molar refractivity (Wildman–Crippen MR) is 109 cm³/mol. The Bertz CT molecular complexity index is 904. The van der Waals surface area contributed by atoms with Gasteiger partial charge in [-0.25, -0.2) is 0 Å². The molecule has 2 heterocycles. The summed E-state index contributed by atoms with van der Waals surface area (Å²) in [7, 11) is 0. The summed E-state index contributed by atoms with van der Waals surface area (Å²) in [5, 5.41) is 16.7. The molecule has 26 heavy (non-hydrogen) atoms. The molecule has 3 aromatic rings. The molecule has 0 aliphatic carbocycles. The van der Waals surface area contributed by atoms with Crippen molar-refractivity contribution in [2.24, 2.45) is 0 Å². The lowest BCUT2D eigenvalue weighted by atomic mass is 10.2. The largest absolute Gasteiger partial charge is 0.357 e. The number of nitrogens with one attached hydrogen (secondary N) is 2. The summed E-state index contributed by atoms with van der Waals surface area (Å²) in [5.74, 6) is 0. The fourth-order valence-corrected chi connectivity index (χ4v) is 3.02. The number of halogens is 2. The third kappa shape index (κ3) is 4.97. The van der Waals surface area contributed by atoms with E-state index in [2.05, 4.69) is 20.8 Å². The standard InChI is InChI=1S/C17H18Cl2N6S/c1-2-24-6-5-14(23-24)8-20-17(26)22-15-9-21-25(11-15)10-12-3-4-13(18)7-16(12)19/h3-7,9,11H,2,8,10H2,1H3,(H2,20,22,26). The van der Waals surface area contributed by atoms with Crippen molar-refractivity contribution in [3.8, 4) is 0 Å².